The number of rotatable bonds is 5. The summed E-state index contributed by atoms with van der Waals surface area (Å²) >= 11 is 0. The second-order valence-corrected chi connectivity index (χ2v) is 3.56. The summed E-state index contributed by atoms with van der Waals surface area (Å²) in [5, 5.41) is 36.0. The zero-order valence-electron chi connectivity index (χ0n) is 9.84. The summed E-state index contributed by atoms with van der Waals surface area (Å²) in [5.41, 5.74) is -0.493. The van der Waals surface area contributed by atoms with Crippen LogP contribution >= 0.6 is 0 Å². The molecule has 0 saturated carbocycles. The van der Waals surface area contributed by atoms with Crippen LogP contribution in [0.4, 0.5) is 0 Å². The van der Waals surface area contributed by atoms with Gasteiger partial charge in [-0.25, -0.2) is 9.59 Å². The Morgan fingerprint density at radius 2 is 1.17 bits per heavy atom. The zero-order chi connectivity index (χ0) is 14.7. The van der Waals surface area contributed by atoms with Crippen molar-refractivity contribution in [3.05, 3.63) is 24.3 Å². The molecule has 0 fully saturated rings. The topological polar surface area (TPSA) is 134 Å². The van der Waals surface area contributed by atoms with Gasteiger partial charge in [0.2, 0.25) is 0 Å². The van der Waals surface area contributed by atoms with Crippen LogP contribution in [-0.4, -0.2) is 44.3 Å². The van der Waals surface area contributed by atoms with Crippen LogP contribution in [-0.2, 0) is 19.1 Å². The van der Waals surface area contributed by atoms with Gasteiger partial charge in [-0.3, -0.25) is 0 Å². The summed E-state index contributed by atoms with van der Waals surface area (Å²) in [4.78, 5) is 22.3. The Kier molecular flexibility index (Phi) is 4.76. The summed E-state index contributed by atoms with van der Waals surface area (Å²) in [6.07, 6.45) is 0. The van der Waals surface area contributed by atoms with E-state index in [4.69, 9.17) is 15.3 Å². The van der Waals surface area contributed by atoms with Crippen LogP contribution in [0, 0.1) is 0 Å². The van der Waals surface area contributed by atoms with Gasteiger partial charge < -0.3 is 29.9 Å². The molecule has 0 aliphatic heterocycles. The second-order valence-electron chi connectivity index (χ2n) is 3.56. The Labute approximate surface area is 102 Å². The van der Waals surface area contributed by atoms with Crippen molar-refractivity contribution in [2.45, 2.75) is 25.8 Å². The van der Waals surface area contributed by atoms with Gasteiger partial charge in [0.05, 0.1) is 0 Å². The van der Waals surface area contributed by atoms with Gasteiger partial charge in [-0.15, -0.1) is 0 Å². The molecule has 0 atom stereocenters. The van der Waals surface area contributed by atoms with Gasteiger partial charge in [0.25, 0.3) is 0 Å². The first kappa shape index (κ1) is 16.3. The van der Waals surface area contributed by atoms with Crippen LogP contribution in [0.15, 0.2) is 24.3 Å². The first-order valence-corrected chi connectivity index (χ1v) is 4.58. The van der Waals surface area contributed by atoms with Crippen molar-refractivity contribution in [3.8, 4) is 0 Å². The highest BCUT2D eigenvalue weighted by molar-refractivity contribution is 5.88. The lowest BCUT2D eigenvalue weighted by molar-refractivity contribution is -0.507. The number of hydrogen-bond donors (Lipinski definition) is 4. The molecule has 0 aliphatic carbocycles. The van der Waals surface area contributed by atoms with Gasteiger partial charge in [-0.2, -0.15) is 0 Å². The molecule has 0 heterocycles. The zero-order valence-corrected chi connectivity index (χ0v) is 9.84. The molecule has 102 valence electrons. The fourth-order valence-electron chi connectivity index (χ4n) is 0.583. The smallest absolute Gasteiger partial charge is 0.388 e. The van der Waals surface area contributed by atoms with Crippen molar-refractivity contribution in [3.63, 3.8) is 0 Å². The molecule has 4 N–H and O–H groups in total. The fraction of sp³-hybridized carbons (Fsp3) is 0.400. The van der Waals surface area contributed by atoms with E-state index in [9.17, 15) is 14.7 Å². The highest BCUT2D eigenvalue weighted by Gasteiger charge is 2.57. The maximum absolute atomic E-state index is 11.1. The van der Waals surface area contributed by atoms with Gasteiger partial charge in [-0.1, -0.05) is 13.2 Å². The van der Waals surface area contributed by atoms with E-state index in [0.29, 0.717) is 0 Å². The third-order valence-electron chi connectivity index (χ3n) is 1.58. The molecule has 0 amide bonds. The standard InChI is InChI=1S/C10H14O8/c1-5(2)7(11)17-10(16,9(13,14)15)18-8(12)6(3)4/h13-16H,1,3H2,2,4H3. The molecule has 0 aromatic heterocycles. The van der Waals surface area contributed by atoms with Crippen LogP contribution in [0.25, 0.3) is 0 Å². The number of hydrogen-bond acceptors (Lipinski definition) is 8. The molecule has 0 radical (unpaired) electrons. The molecule has 0 spiro atoms. The van der Waals surface area contributed by atoms with Gasteiger partial charge in [0.1, 0.15) is 0 Å². The van der Waals surface area contributed by atoms with Crippen LogP contribution in [0.5, 0.6) is 0 Å². The Hall–Kier alpha value is -1.74. The molecule has 0 aromatic rings. The van der Waals surface area contributed by atoms with E-state index in [1.807, 2.05) is 0 Å². The van der Waals surface area contributed by atoms with Gasteiger partial charge >= 0.3 is 23.9 Å². The van der Waals surface area contributed by atoms with E-state index in [-0.39, 0.29) is 11.1 Å². The normalized spacial score (nSPS) is 11.7. The lowest BCUT2D eigenvalue weighted by Crippen LogP contribution is -2.59. The monoisotopic (exact) mass is 262 g/mol. The van der Waals surface area contributed by atoms with E-state index >= 15 is 0 Å². The van der Waals surface area contributed by atoms with E-state index in [2.05, 4.69) is 22.6 Å². The van der Waals surface area contributed by atoms with Gasteiger partial charge in [0, 0.05) is 11.1 Å². The fourth-order valence-corrected chi connectivity index (χ4v) is 0.583. The third kappa shape index (κ3) is 3.93. The molecule has 0 aromatic carbocycles. The minimum Gasteiger partial charge on any atom is -0.388 e. The predicted octanol–water partition coefficient (Wildman–Crippen LogP) is -1.50. The molecular formula is C10H14O8. The lowest BCUT2D eigenvalue weighted by atomic mass is 10.3. The molecule has 8 heteroatoms. The molecule has 0 bridgehead atoms. The van der Waals surface area contributed by atoms with E-state index in [0.717, 1.165) is 0 Å². The Balaban J connectivity index is 5.21. The number of carbonyl (C=O) groups excluding carboxylic acids is 2. The Bertz CT molecular complexity index is 361. The second kappa shape index (κ2) is 5.27. The quantitative estimate of drug-likeness (QED) is 0.267. The minimum absolute atomic E-state index is 0.246. The van der Waals surface area contributed by atoms with Crippen LogP contribution in [0.3, 0.4) is 0 Å². The Morgan fingerprint density at radius 1 is 0.889 bits per heavy atom. The molecule has 18 heavy (non-hydrogen) atoms. The summed E-state index contributed by atoms with van der Waals surface area (Å²) < 4.78 is 8.14. The molecule has 0 aliphatic rings. The third-order valence-corrected chi connectivity index (χ3v) is 1.58. The van der Waals surface area contributed by atoms with Crippen LogP contribution < -0.4 is 0 Å². The first-order chi connectivity index (χ1) is 7.90. The molecule has 0 saturated heterocycles. The SMILES string of the molecule is C=C(C)C(=O)OC(O)(OC(=O)C(=C)C)C(O)(O)O. The summed E-state index contributed by atoms with van der Waals surface area (Å²) in [7, 11) is 0. The van der Waals surface area contributed by atoms with Crippen molar-refractivity contribution in [2.24, 2.45) is 0 Å². The van der Waals surface area contributed by atoms with Gasteiger partial charge in [0.15, 0.2) is 0 Å². The highest BCUT2D eigenvalue weighted by atomic mass is 16.9. The van der Waals surface area contributed by atoms with E-state index in [1.54, 1.807) is 0 Å². The van der Waals surface area contributed by atoms with Crippen molar-refractivity contribution in [2.75, 3.05) is 0 Å². The maximum atomic E-state index is 11.1. The Morgan fingerprint density at radius 3 is 1.33 bits per heavy atom. The predicted molar refractivity (Wildman–Crippen MR) is 56.1 cm³/mol. The number of esters is 2. The molecular weight excluding hydrogens is 248 g/mol. The largest absolute Gasteiger partial charge is 0.461 e. The minimum atomic E-state index is -4.02. The van der Waals surface area contributed by atoms with Crippen LogP contribution in [0.2, 0.25) is 0 Å². The summed E-state index contributed by atoms with van der Waals surface area (Å²) in [5.74, 6) is -10.4. The lowest BCUT2D eigenvalue weighted by Gasteiger charge is -2.32. The summed E-state index contributed by atoms with van der Waals surface area (Å²) in [6, 6.07) is 0. The molecule has 0 unspecified atom stereocenters. The van der Waals surface area contributed by atoms with E-state index in [1.165, 1.54) is 13.8 Å². The number of ether oxygens (including phenoxy) is 2. The molecule has 8 nitrogen and oxygen atoms in total. The maximum Gasteiger partial charge on any atom is 0.461 e. The first-order valence-electron chi connectivity index (χ1n) is 4.58. The summed E-state index contributed by atoms with van der Waals surface area (Å²) in [6.45, 7) is 8.65. The van der Waals surface area contributed by atoms with Crippen molar-refractivity contribution in [1.82, 2.24) is 0 Å². The highest BCUT2D eigenvalue weighted by Crippen LogP contribution is 2.23. The van der Waals surface area contributed by atoms with Crippen molar-refractivity contribution >= 4 is 11.9 Å². The van der Waals surface area contributed by atoms with Crippen molar-refractivity contribution < 1.29 is 39.5 Å². The van der Waals surface area contributed by atoms with Gasteiger partial charge in [-0.05, 0) is 13.8 Å². The average molecular weight is 262 g/mol. The number of carbonyl (C=O) groups is 2. The average Bonchev–Trinajstić information content (AvgIpc) is 2.14. The van der Waals surface area contributed by atoms with Crippen molar-refractivity contribution in [1.29, 1.82) is 0 Å². The van der Waals surface area contributed by atoms with Crippen LogP contribution in [0.1, 0.15) is 13.8 Å². The molecule has 0 rings (SSSR count). The van der Waals surface area contributed by atoms with E-state index < -0.39 is 23.9 Å². The number of aliphatic hydroxyl groups is 4.